The van der Waals surface area contributed by atoms with E-state index in [1.165, 1.54) is 11.3 Å². The average Bonchev–Trinajstić information content (AvgIpc) is 3.01. The van der Waals surface area contributed by atoms with Crippen LogP contribution in [0.1, 0.15) is 28.8 Å². The van der Waals surface area contributed by atoms with E-state index in [4.69, 9.17) is 10.5 Å². The fourth-order valence-electron chi connectivity index (χ4n) is 2.08. The van der Waals surface area contributed by atoms with Crippen molar-refractivity contribution in [1.29, 1.82) is 0 Å². The highest BCUT2D eigenvalue weighted by molar-refractivity contribution is 7.09. The van der Waals surface area contributed by atoms with E-state index in [2.05, 4.69) is 10.3 Å². The Morgan fingerprint density at radius 1 is 1.50 bits per heavy atom. The summed E-state index contributed by atoms with van der Waals surface area (Å²) in [5, 5.41) is 5.11. The molecule has 1 aromatic rings. The number of thiazole rings is 1. The molecule has 2 amide bonds. The third-order valence-electron chi connectivity index (χ3n) is 3.29. The van der Waals surface area contributed by atoms with E-state index < -0.39 is 6.04 Å². The Labute approximate surface area is 139 Å². The largest absolute Gasteiger partial charge is 0.378 e. The minimum Gasteiger partial charge on any atom is -0.378 e. The van der Waals surface area contributed by atoms with Gasteiger partial charge in [-0.15, -0.1) is 23.7 Å². The summed E-state index contributed by atoms with van der Waals surface area (Å²) in [5.41, 5.74) is 5.79. The van der Waals surface area contributed by atoms with Gasteiger partial charge in [0.15, 0.2) is 0 Å². The number of morpholine rings is 1. The number of carbonyl (C=O) groups excluding carboxylic acids is 2. The van der Waals surface area contributed by atoms with Gasteiger partial charge in [-0.05, 0) is 6.42 Å². The van der Waals surface area contributed by atoms with Crippen LogP contribution in [0.5, 0.6) is 0 Å². The molecular weight excluding hydrogens is 328 g/mol. The third-order valence-corrected chi connectivity index (χ3v) is 4.16. The second-order valence-electron chi connectivity index (χ2n) is 4.70. The maximum atomic E-state index is 12.4. The molecule has 0 aromatic carbocycles. The smallest absolute Gasteiger partial charge is 0.271 e. The molecule has 1 unspecified atom stereocenters. The summed E-state index contributed by atoms with van der Waals surface area (Å²) >= 11 is 1.34. The number of carbonyl (C=O) groups is 2. The molecule has 0 bridgehead atoms. The highest BCUT2D eigenvalue weighted by Crippen LogP contribution is 2.10. The number of nitrogens with zero attached hydrogens (tertiary/aromatic N) is 2. The molecule has 3 N–H and O–H groups in total. The molecule has 0 saturated carbocycles. The first kappa shape index (κ1) is 18.8. The molecule has 1 aromatic heterocycles. The van der Waals surface area contributed by atoms with Crippen LogP contribution in [-0.2, 0) is 16.1 Å². The highest BCUT2D eigenvalue weighted by Gasteiger charge is 2.26. The number of hydrogen-bond acceptors (Lipinski definition) is 6. The molecule has 1 fully saturated rings. The van der Waals surface area contributed by atoms with Gasteiger partial charge in [-0.2, -0.15) is 0 Å². The van der Waals surface area contributed by atoms with Gasteiger partial charge in [0.2, 0.25) is 5.91 Å². The minimum absolute atomic E-state index is 0. The molecule has 1 saturated heterocycles. The van der Waals surface area contributed by atoms with Crippen molar-refractivity contribution in [3.63, 3.8) is 0 Å². The Balaban J connectivity index is 0.00000242. The van der Waals surface area contributed by atoms with Crippen LogP contribution in [0.3, 0.4) is 0 Å². The van der Waals surface area contributed by atoms with Gasteiger partial charge >= 0.3 is 0 Å². The number of nitrogens with one attached hydrogen (secondary N) is 1. The first-order valence-electron chi connectivity index (χ1n) is 6.97. The summed E-state index contributed by atoms with van der Waals surface area (Å²) in [6.07, 6.45) is 0.538. The van der Waals surface area contributed by atoms with Gasteiger partial charge in [0.1, 0.15) is 16.7 Å². The van der Waals surface area contributed by atoms with Gasteiger partial charge in [0.05, 0.1) is 13.2 Å². The van der Waals surface area contributed by atoms with Gasteiger partial charge in [0.25, 0.3) is 5.91 Å². The predicted octanol–water partition coefficient (Wildman–Crippen LogP) is 0.391. The van der Waals surface area contributed by atoms with E-state index in [1.54, 1.807) is 10.3 Å². The summed E-state index contributed by atoms with van der Waals surface area (Å²) in [7, 11) is 0. The van der Waals surface area contributed by atoms with Crippen LogP contribution in [-0.4, -0.2) is 54.0 Å². The predicted molar refractivity (Wildman–Crippen MR) is 86.2 cm³/mol. The number of halogens is 1. The summed E-state index contributed by atoms with van der Waals surface area (Å²) in [6.45, 7) is 4.40. The first-order valence-corrected chi connectivity index (χ1v) is 7.85. The average molecular weight is 349 g/mol. The maximum Gasteiger partial charge on any atom is 0.271 e. The Kier molecular flexibility index (Phi) is 7.74. The van der Waals surface area contributed by atoms with E-state index >= 15 is 0 Å². The van der Waals surface area contributed by atoms with Crippen molar-refractivity contribution < 1.29 is 14.3 Å². The molecule has 124 valence electrons. The Hall–Kier alpha value is -1.22. The summed E-state index contributed by atoms with van der Waals surface area (Å²) in [4.78, 5) is 30.4. The molecule has 2 heterocycles. The van der Waals surface area contributed by atoms with E-state index in [0.717, 1.165) is 0 Å². The Bertz CT molecular complexity index is 505. The summed E-state index contributed by atoms with van der Waals surface area (Å²) in [6, 6.07) is -0.529. The molecule has 2 rings (SSSR count). The molecule has 0 spiro atoms. The molecule has 7 nitrogen and oxygen atoms in total. The number of hydrogen-bond donors (Lipinski definition) is 2. The molecular formula is C13H21ClN4O3S. The molecule has 22 heavy (non-hydrogen) atoms. The Morgan fingerprint density at radius 3 is 2.73 bits per heavy atom. The molecule has 0 radical (unpaired) electrons. The molecule has 1 atom stereocenters. The minimum atomic E-state index is -0.529. The number of aromatic nitrogens is 1. The molecule has 1 aliphatic rings. The van der Waals surface area contributed by atoms with Crippen molar-refractivity contribution in [3.8, 4) is 0 Å². The first-order chi connectivity index (χ1) is 10.2. The van der Waals surface area contributed by atoms with Crippen molar-refractivity contribution in [1.82, 2.24) is 15.2 Å². The zero-order valence-electron chi connectivity index (χ0n) is 12.4. The second kappa shape index (κ2) is 9.04. The van der Waals surface area contributed by atoms with Crippen LogP contribution < -0.4 is 11.1 Å². The summed E-state index contributed by atoms with van der Waals surface area (Å²) < 4.78 is 5.23. The van der Waals surface area contributed by atoms with Crippen LogP contribution in [0.2, 0.25) is 0 Å². The van der Waals surface area contributed by atoms with Crippen LogP contribution >= 0.6 is 23.7 Å². The zero-order chi connectivity index (χ0) is 15.2. The van der Waals surface area contributed by atoms with Crippen LogP contribution in [0.15, 0.2) is 5.38 Å². The topological polar surface area (TPSA) is 97.6 Å². The quantitative estimate of drug-likeness (QED) is 0.802. The van der Waals surface area contributed by atoms with Crippen molar-refractivity contribution in [2.75, 3.05) is 26.3 Å². The van der Waals surface area contributed by atoms with E-state index in [1.807, 2.05) is 6.92 Å². The highest BCUT2D eigenvalue weighted by atomic mass is 35.5. The molecule has 0 aliphatic carbocycles. The number of nitrogens with two attached hydrogens (primary N) is 1. The van der Waals surface area contributed by atoms with Crippen LogP contribution in [0.25, 0.3) is 0 Å². The monoisotopic (exact) mass is 348 g/mol. The van der Waals surface area contributed by atoms with Crippen LogP contribution in [0, 0.1) is 0 Å². The number of amides is 2. The lowest BCUT2D eigenvalue weighted by molar-refractivity contribution is -0.137. The van der Waals surface area contributed by atoms with Crippen molar-refractivity contribution in [2.45, 2.75) is 25.9 Å². The normalized spacial score (nSPS) is 15.8. The lowest BCUT2D eigenvalue weighted by Gasteiger charge is -2.30. The fourth-order valence-corrected chi connectivity index (χ4v) is 2.74. The lowest BCUT2D eigenvalue weighted by Crippen LogP contribution is -2.51. The van der Waals surface area contributed by atoms with Crippen molar-refractivity contribution >= 4 is 35.6 Å². The van der Waals surface area contributed by atoms with E-state index in [0.29, 0.717) is 50.0 Å². The molecule has 9 heteroatoms. The maximum absolute atomic E-state index is 12.4. The van der Waals surface area contributed by atoms with Gasteiger partial charge in [-0.25, -0.2) is 4.98 Å². The second-order valence-corrected chi connectivity index (χ2v) is 5.65. The number of ether oxygens (including phenoxy) is 1. The van der Waals surface area contributed by atoms with Gasteiger partial charge in [-0.1, -0.05) is 6.92 Å². The summed E-state index contributed by atoms with van der Waals surface area (Å²) in [5.74, 6) is -0.400. The Morgan fingerprint density at radius 2 is 2.18 bits per heavy atom. The van der Waals surface area contributed by atoms with Gasteiger partial charge in [0, 0.05) is 25.0 Å². The number of rotatable bonds is 5. The SMILES string of the molecule is CCC(NC(=O)c1csc(CN)n1)C(=O)N1CCOCC1.Cl. The van der Waals surface area contributed by atoms with Crippen molar-refractivity contribution in [2.24, 2.45) is 5.73 Å². The third kappa shape index (κ3) is 4.64. The van der Waals surface area contributed by atoms with E-state index in [9.17, 15) is 9.59 Å². The molecule has 1 aliphatic heterocycles. The zero-order valence-corrected chi connectivity index (χ0v) is 14.0. The van der Waals surface area contributed by atoms with Crippen molar-refractivity contribution in [3.05, 3.63) is 16.1 Å². The van der Waals surface area contributed by atoms with Crippen LogP contribution in [0.4, 0.5) is 0 Å². The van der Waals surface area contributed by atoms with Gasteiger partial charge < -0.3 is 20.7 Å². The lowest BCUT2D eigenvalue weighted by atomic mass is 10.2. The van der Waals surface area contributed by atoms with E-state index in [-0.39, 0.29) is 24.2 Å². The fraction of sp³-hybridized carbons (Fsp3) is 0.615. The van der Waals surface area contributed by atoms with Gasteiger partial charge in [-0.3, -0.25) is 9.59 Å². The standard InChI is InChI=1S/C13H20N4O3S.ClH/c1-2-9(13(19)17-3-5-20-6-4-17)16-12(18)10-8-21-11(7-14)15-10;/h8-9H,2-7,14H2,1H3,(H,16,18);1H.